The average Bonchev–Trinajstić information content (AvgIpc) is 3.07. The SMILES string of the molecule is Cc1ccc(-c2c(C#N)c(Oc3c(Cl)c(NC(=O)C(F)(F)F)c([N+](=O)[O-])c(-c4ccc(C)cc4)c3C#N)c(Cl)c(NC(=O)C(F)(F)F)c2[N+](=O)[O-])cc1. The summed E-state index contributed by atoms with van der Waals surface area (Å²) in [6.45, 7) is 3.19. The predicted molar refractivity (Wildman–Crippen MR) is 175 cm³/mol. The lowest BCUT2D eigenvalue weighted by Crippen LogP contribution is -2.30. The Bertz CT molecular complexity index is 2140. The summed E-state index contributed by atoms with van der Waals surface area (Å²) in [7, 11) is 0. The summed E-state index contributed by atoms with van der Waals surface area (Å²) in [6, 6.07) is 13.4. The lowest BCUT2D eigenvalue weighted by molar-refractivity contribution is -0.383. The number of halogens is 8. The monoisotopic (exact) mass is 780 g/mol. The summed E-state index contributed by atoms with van der Waals surface area (Å²) in [5.74, 6) is -7.86. The van der Waals surface area contributed by atoms with Crippen molar-refractivity contribution in [2.45, 2.75) is 26.2 Å². The molecule has 0 saturated carbocycles. The highest BCUT2D eigenvalue weighted by molar-refractivity contribution is 6.38. The molecular weight excluding hydrogens is 765 g/mol. The summed E-state index contributed by atoms with van der Waals surface area (Å²) in [4.78, 5) is 46.5. The molecule has 2 N–H and O–H groups in total. The van der Waals surface area contributed by atoms with E-state index in [1.807, 2.05) is 0 Å². The van der Waals surface area contributed by atoms with Gasteiger partial charge in [-0.05, 0) is 25.0 Å². The van der Waals surface area contributed by atoms with E-state index in [4.69, 9.17) is 27.9 Å². The number of rotatable bonds is 8. The molecule has 0 saturated heterocycles. The molecule has 0 fully saturated rings. The van der Waals surface area contributed by atoms with Gasteiger partial charge in [0.15, 0.2) is 11.5 Å². The normalized spacial score (nSPS) is 11.2. The van der Waals surface area contributed by atoms with E-state index >= 15 is 0 Å². The van der Waals surface area contributed by atoms with Gasteiger partial charge in [0.05, 0.1) is 21.0 Å². The van der Waals surface area contributed by atoms with Crippen LogP contribution >= 0.6 is 23.2 Å². The third kappa shape index (κ3) is 7.76. The van der Waals surface area contributed by atoms with Crippen LogP contribution in [0.1, 0.15) is 22.3 Å². The van der Waals surface area contributed by atoms with Gasteiger partial charge < -0.3 is 15.4 Å². The first-order valence-corrected chi connectivity index (χ1v) is 14.9. The molecule has 21 heteroatoms. The highest BCUT2D eigenvalue weighted by Crippen LogP contribution is 2.55. The predicted octanol–water partition coefficient (Wildman–Crippen LogP) is 9.30. The molecule has 0 aromatic heterocycles. The number of ether oxygens (including phenoxy) is 1. The molecule has 53 heavy (non-hydrogen) atoms. The highest BCUT2D eigenvalue weighted by Gasteiger charge is 2.44. The van der Waals surface area contributed by atoms with Gasteiger partial charge in [0, 0.05) is 0 Å². The number of hydrogen-bond acceptors (Lipinski definition) is 9. The van der Waals surface area contributed by atoms with E-state index in [-0.39, 0.29) is 11.1 Å². The van der Waals surface area contributed by atoms with Gasteiger partial charge in [-0.3, -0.25) is 29.8 Å². The number of aryl methyl sites for hydroxylation is 2. The minimum absolute atomic E-state index is 0.225. The number of nitrogens with one attached hydrogen (secondary N) is 2. The van der Waals surface area contributed by atoms with Gasteiger partial charge in [-0.25, -0.2) is 0 Å². The second-order valence-electron chi connectivity index (χ2n) is 10.7. The van der Waals surface area contributed by atoms with E-state index in [1.54, 1.807) is 26.0 Å². The van der Waals surface area contributed by atoms with E-state index in [0.29, 0.717) is 11.1 Å². The molecule has 2 amide bonds. The Balaban J connectivity index is 2.24. The van der Waals surface area contributed by atoms with E-state index in [0.717, 1.165) is 0 Å². The number of nitro groups is 2. The molecule has 0 radical (unpaired) electrons. The first kappa shape index (κ1) is 39.3. The van der Waals surface area contributed by atoms with Crippen LogP contribution in [0.2, 0.25) is 10.0 Å². The quantitative estimate of drug-likeness (QED) is 0.0992. The standard InChI is InChI=1S/C32H16Cl2F6N6O7/c1-13-3-7-15(8-4-13)19-17(11-41)27(21(33)23(25(19)45(49)50)43-29(47)31(35,36)37)53-28-18(12-42)20(16-9-5-14(2)6-10-16)26(46(51)52)24(22(28)34)44-30(48)32(38,39)40/h3-10H,1-2H3,(H,43,47)(H,44,48). The number of benzene rings is 4. The molecule has 0 unspecified atom stereocenters. The number of nitriles is 2. The van der Waals surface area contributed by atoms with Crippen LogP contribution in [0.25, 0.3) is 22.3 Å². The molecule has 4 aromatic carbocycles. The number of hydrogen-bond donors (Lipinski definition) is 2. The number of anilines is 2. The second-order valence-corrected chi connectivity index (χ2v) is 11.5. The van der Waals surface area contributed by atoms with Crippen molar-refractivity contribution in [1.29, 1.82) is 10.5 Å². The molecular formula is C32H16Cl2F6N6O7. The fourth-order valence-electron chi connectivity index (χ4n) is 4.84. The Labute approximate surface area is 302 Å². The maximum atomic E-state index is 13.4. The van der Waals surface area contributed by atoms with Gasteiger partial charge in [-0.2, -0.15) is 36.9 Å². The van der Waals surface area contributed by atoms with Crippen LogP contribution in [0.3, 0.4) is 0 Å². The van der Waals surface area contributed by atoms with Crippen molar-refractivity contribution in [1.82, 2.24) is 0 Å². The summed E-state index contributed by atoms with van der Waals surface area (Å²) in [5, 5.41) is 45.4. The minimum atomic E-state index is -5.67. The van der Waals surface area contributed by atoms with Gasteiger partial charge >= 0.3 is 35.5 Å². The Morgan fingerprint density at radius 2 is 0.981 bits per heavy atom. The fourth-order valence-corrected chi connectivity index (χ4v) is 5.38. The number of amides is 2. The number of nitrogens with zero attached hydrogens (tertiary/aromatic N) is 4. The zero-order valence-electron chi connectivity index (χ0n) is 26.3. The Morgan fingerprint density at radius 3 is 1.23 bits per heavy atom. The molecule has 0 aliphatic carbocycles. The van der Waals surface area contributed by atoms with Crippen LogP contribution in [-0.2, 0) is 9.59 Å². The smallest absolute Gasteiger partial charge is 0.451 e. The Kier molecular flexibility index (Phi) is 10.9. The maximum Gasteiger partial charge on any atom is 0.471 e. The number of carbonyl (C=O) groups is 2. The Morgan fingerprint density at radius 1 is 0.679 bits per heavy atom. The van der Waals surface area contributed by atoms with Gasteiger partial charge in [0.2, 0.25) is 0 Å². The van der Waals surface area contributed by atoms with E-state index < -0.39 is 101 Å². The molecule has 0 bridgehead atoms. The van der Waals surface area contributed by atoms with Crippen molar-refractivity contribution >= 4 is 57.8 Å². The molecule has 0 aliphatic rings. The van der Waals surface area contributed by atoms with E-state index in [9.17, 15) is 66.7 Å². The van der Waals surface area contributed by atoms with Crippen LogP contribution in [0.5, 0.6) is 11.5 Å². The molecule has 4 rings (SSSR count). The Hall–Kier alpha value is -6.44. The molecule has 13 nitrogen and oxygen atoms in total. The zero-order chi connectivity index (χ0) is 39.7. The summed E-state index contributed by atoms with van der Waals surface area (Å²) >= 11 is 12.7. The molecule has 272 valence electrons. The van der Waals surface area contributed by atoms with Crippen molar-refractivity contribution in [2.24, 2.45) is 0 Å². The van der Waals surface area contributed by atoms with E-state index in [2.05, 4.69) is 0 Å². The van der Waals surface area contributed by atoms with Crippen molar-refractivity contribution < 1.29 is 50.5 Å². The third-order valence-electron chi connectivity index (χ3n) is 7.20. The zero-order valence-corrected chi connectivity index (χ0v) is 27.8. The molecule has 0 spiro atoms. The number of nitro benzene ring substituents is 2. The van der Waals surface area contributed by atoms with Crippen molar-refractivity contribution in [3.63, 3.8) is 0 Å². The van der Waals surface area contributed by atoms with Gasteiger partial charge in [-0.15, -0.1) is 0 Å². The maximum absolute atomic E-state index is 13.4. The third-order valence-corrected chi connectivity index (χ3v) is 7.93. The first-order chi connectivity index (χ1) is 24.6. The average molecular weight is 781 g/mol. The first-order valence-electron chi connectivity index (χ1n) is 14.1. The van der Waals surface area contributed by atoms with Crippen LogP contribution in [0, 0.1) is 56.7 Å². The van der Waals surface area contributed by atoms with Crippen LogP contribution < -0.4 is 15.4 Å². The van der Waals surface area contributed by atoms with Gasteiger partial charge in [0.25, 0.3) is 0 Å². The van der Waals surface area contributed by atoms with Crippen molar-refractivity contribution in [2.75, 3.05) is 10.6 Å². The molecule has 4 aromatic rings. The van der Waals surface area contributed by atoms with Crippen LogP contribution in [0.4, 0.5) is 49.1 Å². The summed E-state index contributed by atoms with van der Waals surface area (Å²) in [6.07, 6.45) is -11.3. The van der Waals surface area contributed by atoms with Crippen LogP contribution in [0.15, 0.2) is 48.5 Å². The highest BCUT2D eigenvalue weighted by atomic mass is 35.5. The molecule has 0 atom stereocenters. The van der Waals surface area contributed by atoms with Crippen LogP contribution in [-0.4, -0.2) is 34.0 Å². The summed E-state index contributed by atoms with van der Waals surface area (Å²) < 4.78 is 86.4. The largest absolute Gasteiger partial charge is 0.471 e. The second kappa shape index (κ2) is 14.7. The molecule has 0 aliphatic heterocycles. The minimum Gasteiger partial charge on any atom is -0.451 e. The van der Waals surface area contributed by atoms with Gasteiger partial charge in [-0.1, -0.05) is 82.9 Å². The number of alkyl halides is 6. The topological polar surface area (TPSA) is 201 Å². The van der Waals surface area contributed by atoms with Crippen molar-refractivity contribution in [3.8, 4) is 45.9 Å². The fraction of sp³-hybridized carbons (Fsp3) is 0.125. The lowest BCUT2D eigenvalue weighted by Gasteiger charge is -2.21. The number of carbonyl (C=O) groups excluding carboxylic acids is 2. The van der Waals surface area contributed by atoms with E-state index in [1.165, 1.54) is 59.2 Å². The molecule has 0 heterocycles. The van der Waals surface area contributed by atoms with Gasteiger partial charge in [0.1, 0.15) is 44.7 Å². The lowest BCUT2D eigenvalue weighted by atomic mass is 9.94. The summed E-state index contributed by atoms with van der Waals surface area (Å²) in [5.41, 5.74) is -8.23. The van der Waals surface area contributed by atoms with Crippen molar-refractivity contribution in [3.05, 3.63) is 101 Å².